The van der Waals surface area contributed by atoms with E-state index < -0.39 is 33.0 Å². The van der Waals surface area contributed by atoms with Crippen LogP contribution in [-0.4, -0.2) is 28.2 Å². The Morgan fingerprint density at radius 1 is 0.781 bits per heavy atom. The zero-order chi connectivity index (χ0) is 23.1. The van der Waals surface area contributed by atoms with E-state index in [1.807, 2.05) is 30.3 Å². The molecule has 0 fully saturated rings. The predicted octanol–water partition coefficient (Wildman–Crippen LogP) is 3.73. The number of carbonyl (C=O) groups is 2. The Morgan fingerprint density at radius 2 is 1.38 bits per heavy atom. The normalized spacial score (nSPS) is 10.2. The lowest BCUT2D eigenvalue weighted by molar-refractivity contribution is -0.394. The van der Waals surface area contributed by atoms with Crippen LogP contribution < -0.4 is 10.6 Å². The Morgan fingerprint density at radius 3 is 2.00 bits per heavy atom. The van der Waals surface area contributed by atoms with Crippen LogP contribution in [0.3, 0.4) is 0 Å². The molecule has 0 atom stereocenters. The van der Waals surface area contributed by atoms with Crippen molar-refractivity contribution in [2.24, 2.45) is 0 Å². The van der Waals surface area contributed by atoms with Gasteiger partial charge in [0.25, 0.3) is 23.2 Å². The second-order valence-corrected chi connectivity index (χ2v) is 6.74. The van der Waals surface area contributed by atoms with Crippen LogP contribution in [0, 0.1) is 20.2 Å². The topological polar surface area (TPSA) is 144 Å². The number of nitrogens with one attached hydrogen (secondary N) is 2. The van der Waals surface area contributed by atoms with Crippen LogP contribution in [0.4, 0.5) is 17.1 Å². The fourth-order valence-corrected chi connectivity index (χ4v) is 2.98. The van der Waals surface area contributed by atoms with Crippen molar-refractivity contribution in [1.82, 2.24) is 5.32 Å². The standard InChI is InChI=1S/C22H18N4O6/c27-21(16-12-17(25(29)30)14-18(13-16)26(31)32)24-20-9-5-4-8-19(20)22(28)23-11-10-15-6-2-1-3-7-15/h1-9,12-14H,10-11H2,(H,23,28)(H,24,27). The number of carbonyl (C=O) groups excluding carboxylic acids is 2. The van der Waals surface area contributed by atoms with Gasteiger partial charge in [0.1, 0.15) is 0 Å². The first-order valence-corrected chi connectivity index (χ1v) is 9.51. The SMILES string of the molecule is O=C(Nc1ccccc1C(=O)NCCc1ccccc1)c1cc([N+](=O)[O-])cc([N+](=O)[O-])c1. The second-order valence-electron chi connectivity index (χ2n) is 6.74. The fourth-order valence-electron chi connectivity index (χ4n) is 2.98. The summed E-state index contributed by atoms with van der Waals surface area (Å²) in [5, 5.41) is 27.4. The molecule has 0 bridgehead atoms. The van der Waals surface area contributed by atoms with Gasteiger partial charge in [0.2, 0.25) is 0 Å². The highest BCUT2D eigenvalue weighted by Gasteiger charge is 2.21. The van der Waals surface area contributed by atoms with Crippen LogP contribution >= 0.6 is 0 Å². The van der Waals surface area contributed by atoms with E-state index in [2.05, 4.69) is 10.6 Å². The van der Waals surface area contributed by atoms with Crippen molar-refractivity contribution in [3.8, 4) is 0 Å². The molecule has 0 radical (unpaired) electrons. The summed E-state index contributed by atoms with van der Waals surface area (Å²) in [4.78, 5) is 45.7. The zero-order valence-corrected chi connectivity index (χ0v) is 16.7. The van der Waals surface area contributed by atoms with Crippen molar-refractivity contribution in [2.45, 2.75) is 6.42 Å². The van der Waals surface area contributed by atoms with E-state index in [1.165, 1.54) is 12.1 Å². The minimum absolute atomic E-state index is 0.170. The van der Waals surface area contributed by atoms with Gasteiger partial charge in [-0.15, -0.1) is 0 Å². The van der Waals surface area contributed by atoms with E-state index in [4.69, 9.17) is 0 Å². The van der Waals surface area contributed by atoms with E-state index in [9.17, 15) is 29.8 Å². The molecule has 2 N–H and O–H groups in total. The number of benzene rings is 3. The van der Waals surface area contributed by atoms with E-state index in [1.54, 1.807) is 12.1 Å². The fraction of sp³-hybridized carbons (Fsp3) is 0.0909. The number of nitro benzene ring substituents is 2. The maximum absolute atomic E-state index is 12.6. The van der Waals surface area contributed by atoms with Gasteiger partial charge in [-0.2, -0.15) is 0 Å². The summed E-state index contributed by atoms with van der Waals surface area (Å²) in [5.41, 5.74) is -0.0304. The lowest BCUT2D eigenvalue weighted by atomic mass is 10.1. The summed E-state index contributed by atoms with van der Waals surface area (Å²) < 4.78 is 0. The van der Waals surface area contributed by atoms with Crippen LogP contribution in [0.15, 0.2) is 72.8 Å². The third kappa shape index (κ3) is 5.51. The molecule has 162 valence electrons. The highest BCUT2D eigenvalue weighted by atomic mass is 16.6. The number of non-ortho nitro benzene ring substituents is 2. The third-order valence-corrected chi connectivity index (χ3v) is 4.55. The van der Waals surface area contributed by atoms with Gasteiger partial charge in [-0.25, -0.2) is 0 Å². The largest absolute Gasteiger partial charge is 0.352 e. The van der Waals surface area contributed by atoms with Crippen LogP contribution in [0.1, 0.15) is 26.3 Å². The number of anilines is 1. The smallest absolute Gasteiger partial charge is 0.277 e. The maximum atomic E-state index is 12.6. The predicted molar refractivity (Wildman–Crippen MR) is 117 cm³/mol. The minimum Gasteiger partial charge on any atom is -0.352 e. The minimum atomic E-state index is -0.822. The molecule has 0 saturated heterocycles. The number of amides is 2. The van der Waals surface area contributed by atoms with Gasteiger partial charge in [0.15, 0.2) is 0 Å². The van der Waals surface area contributed by atoms with Gasteiger partial charge >= 0.3 is 0 Å². The van der Waals surface area contributed by atoms with Gasteiger partial charge < -0.3 is 10.6 Å². The number of hydrogen-bond donors (Lipinski definition) is 2. The van der Waals surface area contributed by atoms with Crippen LogP contribution in [0.25, 0.3) is 0 Å². The van der Waals surface area contributed by atoms with E-state index in [0.717, 1.165) is 23.8 Å². The molecule has 32 heavy (non-hydrogen) atoms. The first-order valence-electron chi connectivity index (χ1n) is 9.51. The Balaban J connectivity index is 1.75. The molecule has 0 aliphatic carbocycles. The third-order valence-electron chi connectivity index (χ3n) is 4.55. The molecular weight excluding hydrogens is 416 g/mol. The summed E-state index contributed by atoms with van der Waals surface area (Å²) in [6, 6.07) is 18.5. The van der Waals surface area contributed by atoms with Gasteiger partial charge in [-0.1, -0.05) is 42.5 Å². The van der Waals surface area contributed by atoms with Crippen molar-refractivity contribution in [2.75, 3.05) is 11.9 Å². The molecule has 10 nitrogen and oxygen atoms in total. The summed E-state index contributed by atoms with van der Waals surface area (Å²) in [5.74, 6) is -1.23. The lowest BCUT2D eigenvalue weighted by Crippen LogP contribution is -2.27. The molecule has 0 heterocycles. The maximum Gasteiger partial charge on any atom is 0.277 e. The van der Waals surface area contributed by atoms with Gasteiger partial charge in [0.05, 0.1) is 32.7 Å². The van der Waals surface area contributed by atoms with Crippen molar-refractivity contribution in [3.63, 3.8) is 0 Å². The first-order chi connectivity index (χ1) is 15.3. The molecule has 3 aromatic rings. The van der Waals surface area contributed by atoms with E-state index in [0.29, 0.717) is 13.0 Å². The Labute approximate surface area is 182 Å². The van der Waals surface area contributed by atoms with Crippen LogP contribution in [-0.2, 0) is 6.42 Å². The first kappa shape index (κ1) is 22.1. The highest BCUT2D eigenvalue weighted by Crippen LogP contribution is 2.24. The van der Waals surface area contributed by atoms with Gasteiger partial charge in [-0.3, -0.25) is 29.8 Å². The summed E-state index contributed by atoms with van der Waals surface area (Å²) in [6.45, 7) is 0.377. The molecule has 3 rings (SSSR count). The molecular formula is C22H18N4O6. The number of nitro groups is 2. The quantitative estimate of drug-likeness (QED) is 0.408. The average molecular weight is 434 g/mol. The van der Waals surface area contributed by atoms with Crippen LogP contribution in [0.5, 0.6) is 0 Å². The van der Waals surface area contributed by atoms with E-state index in [-0.39, 0.29) is 16.8 Å². The van der Waals surface area contributed by atoms with Crippen molar-refractivity contribution in [1.29, 1.82) is 0 Å². The monoisotopic (exact) mass is 434 g/mol. The summed E-state index contributed by atoms with van der Waals surface area (Å²) in [7, 11) is 0. The molecule has 0 aromatic heterocycles. The van der Waals surface area contributed by atoms with Crippen LogP contribution in [0.2, 0.25) is 0 Å². The Bertz CT molecular complexity index is 1150. The number of hydrogen-bond acceptors (Lipinski definition) is 6. The molecule has 0 saturated carbocycles. The molecule has 0 aliphatic heterocycles. The molecule has 0 aliphatic rings. The average Bonchev–Trinajstić information content (AvgIpc) is 2.79. The molecule has 10 heteroatoms. The molecule has 2 amide bonds. The van der Waals surface area contributed by atoms with Gasteiger partial charge in [-0.05, 0) is 24.1 Å². The summed E-state index contributed by atoms with van der Waals surface area (Å²) in [6.07, 6.45) is 0.623. The zero-order valence-electron chi connectivity index (χ0n) is 16.7. The number of para-hydroxylation sites is 1. The molecule has 0 spiro atoms. The van der Waals surface area contributed by atoms with Crippen molar-refractivity contribution >= 4 is 28.9 Å². The van der Waals surface area contributed by atoms with Gasteiger partial charge in [0, 0.05) is 18.7 Å². The second kappa shape index (κ2) is 9.94. The Kier molecular flexibility index (Phi) is 6.86. The van der Waals surface area contributed by atoms with Crippen molar-refractivity contribution in [3.05, 3.63) is 110 Å². The van der Waals surface area contributed by atoms with E-state index >= 15 is 0 Å². The number of nitrogens with zero attached hydrogens (tertiary/aromatic N) is 2. The molecule has 0 unspecified atom stereocenters. The number of rotatable bonds is 8. The highest BCUT2D eigenvalue weighted by molar-refractivity contribution is 6.09. The summed E-state index contributed by atoms with van der Waals surface area (Å²) >= 11 is 0. The Hall–Kier alpha value is -4.60. The lowest BCUT2D eigenvalue weighted by Gasteiger charge is -2.11. The van der Waals surface area contributed by atoms with Crippen molar-refractivity contribution < 1.29 is 19.4 Å². The molecule has 3 aromatic carbocycles.